The van der Waals surface area contributed by atoms with Crippen LogP contribution in [0.25, 0.3) is 0 Å². The second kappa shape index (κ2) is 7.19. The maximum absolute atomic E-state index is 13.3. The molecule has 112 valence electrons. The molecule has 3 heteroatoms. The Morgan fingerprint density at radius 2 is 2.20 bits per heavy atom. The average Bonchev–Trinajstić information content (AvgIpc) is 2.89. The van der Waals surface area contributed by atoms with E-state index in [2.05, 4.69) is 19.2 Å². The monoisotopic (exact) mass is 279 g/mol. The van der Waals surface area contributed by atoms with E-state index in [1.807, 2.05) is 13.0 Å². The van der Waals surface area contributed by atoms with Gasteiger partial charge in [0.2, 0.25) is 0 Å². The summed E-state index contributed by atoms with van der Waals surface area (Å²) >= 11 is 0. The van der Waals surface area contributed by atoms with Crippen LogP contribution in [0.2, 0.25) is 0 Å². The van der Waals surface area contributed by atoms with Gasteiger partial charge in [-0.3, -0.25) is 0 Å². The Hall–Kier alpha value is -0.930. The van der Waals surface area contributed by atoms with E-state index in [1.54, 1.807) is 12.1 Å². The summed E-state index contributed by atoms with van der Waals surface area (Å²) in [5, 5.41) is 3.65. The van der Waals surface area contributed by atoms with Gasteiger partial charge in [-0.2, -0.15) is 0 Å². The quantitative estimate of drug-likeness (QED) is 0.850. The third-order valence-corrected chi connectivity index (χ3v) is 4.27. The van der Waals surface area contributed by atoms with Crippen molar-refractivity contribution in [3.05, 3.63) is 35.1 Å². The molecule has 2 nitrogen and oxygen atoms in total. The maximum atomic E-state index is 13.3. The lowest BCUT2D eigenvalue weighted by Crippen LogP contribution is -2.33. The number of ether oxygens (including phenoxy) is 1. The fourth-order valence-corrected chi connectivity index (χ4v) is 3.25. The van der Waals surface area contributed by atoms with Crippen molar-refractivity contribution in [2.45, 2.75) is 52.2 Å². The molecule has 1 N–H and O–H groups in total. The van der Waals surface area contributed by atoms with E-state index in [9.17, 15) is 4.39 Å². The van der Waals surface area contributed by atoms with Crippen LogP contribution < -0.4 is 5.32 Å². The summed E-state index contributed by atoms with van der Waals surface area (Å²) in [6.07, 6.45) is 3.53. The maximum Gasteiger partial charge on any atom is 0.123 e. The second-order valence-electron chi connectivity index (χ2n) is 5.70. The standard InChI is InChI=1S/C17H26FNO/c1-4-9-19-17(15-8-10-20-16(15)5-2)14-7-6-13(18)11-12(14)3/h6-7,11,15-17,19H,4-5,8-10H2,1-3H3. The van der Waals surface area contributed by atoms with Crippen LogP contribution in [0.3, 0.4) is 0 Å². The Morgan fingerprint density at radius 3 is 2.85 bits per heavy atom. The van der Waals surface area contributed by atoms with Crippen molar-refractivity contribution in [2.24, 2.45) is 5.92 Å². The smallest absolute Gasteiger partial charge is 0.123 e. The molecule has 0 aromatic heterocycles. The van der Waals surface area contributed by atoms with E-state index in [1.165, 1.54) is 5.56 Å². The highest BCUT2D eigenvalue weighted by atomic mass is 19.1. The van der Waals surface area contributed by atoms with Crippen molar-refractivity contribution in [2.75, 3.05) is 13.2 Å². The Morgan fingerprint density at radius 1 is 1.40 bits per heavy atom. The van der Waals surface area contributed by atoms with Crippen molar-refractivity contribution in [3.8, 4) is 0 Å². The summed E-state index contributed by atoms with van der Waals surface area (Å²) in [6.45, 7) is 8.17. The summed E-state index contributed by atoms with van der Waals surface area (Å²) in [5.41, 5.74) is 2.24. The number of hydrogen-bond donors (Lipinski definition) is 1. The summed E-state index contributed by atoms with van der Waals surface area (Å²) in [6, 6.07) is 5.40. The molecule has 0 saturated carbocycles. The van der Waals surface area contributed by atoms with Gasteiger partial charge in [-0.05, 0) is 56.0 Å². The van der Waals surface area contributed by atoms with E-state index in [0.717, 1.165) is 38.0 Å². The molecule has 0 radical (unpaired) electrons. The highest BCUT2D eigenvalue weighted by Gasteiger charge is 2.34. The highest BCUT2D eigenvalue weighted by molar-refractivity contribution is 5.30. The molecule has 0 aliphatic carbocycles. The first-order chi connectivity index (χ1) is 9.67. The van der Waals surface area contributed by atoms with Gasteiger partial charge in [0.1, 0.15) is 5.82 Å². The van der Waals surface area contributed by atoms with Gasteiger partial charge < -0.3 is 10.1 Å². The van der Waals surface area contributed by atoms with Crippen molar-refractivity contribution in [1.82, 2.24) is 5.32 Å². The topological polar surface area (TPSA) is 21.3 Å². The first-order valence-corrected chi connectivity index (χ1v) is 7.78. The number of rotatable bonds is 6. The van der Waals surface area contributed by atoms with Crippen molar-refractivity contribution in [3.63, 3.8) is 0 Å². The van der Waals surface area contributed by atoms with E-state index in [0.29, 0.717) is 12.0 Å². The van der Waals surface area contributed by atoms with Crippen LogP contribution in [0, 0.1) is 18.7 Å². The van der Waals surface area contributed by atoms with Gasteiger partial charge in [0.15, 0.2) is 0 Å². The predicted octanol–water partition coefficient (Wildman–Crippen LogP) is 3.99. The fraction of sp³-hybridized carbons (Fsp3) is 0.647. The Labute approximate surface area is 121 Å². The molecule has 0 amide bonds. The number of nitrogens with one attached hydrogen (secondary N) is 1. The molecule has 20 heavy (non-hydrogen) atoms. The molecule has 1 aliphatic rings. The van der Waals surface area contributed by atoms with Gasteiger partial charge in [-0.15, -0.1) is 0 Å². The summed E-state index contributed by atoms with van der Waals surface area (Å²) in [7, 11) is 0. The zero-order chi connectivity index (χ0) is 14.5. The molecule has 3 atom stereocenters. The minimum atomic E-state index is -0.157. The van der Waals surface area contributed by atoms with E-state index in [-0.39, 0.29) is 11.9 Å². The van der Waals surface area contributed by atoms with Gasteiger partial charge in [-0.25, -0.2) is 4.39 Å². The Bertz CT molecular complexity index is 435. The van der Waals surface area contributed by atoms with E-state index in [4.69, 9.17) is 4.74 Å². The van der Waals surface area contributed by atoms with Crippen LogP contribution in [-0.4, -0.2) is 19.3 Å². The third kappa shape index (κ3) is 3.39. The molecule has 3 unspecified atom stereocenters. The Kier molecular flexibility index (Phi) is 5.55. The lowest BCUT2D eigenvalue weighted by Gasteiger charge is -2.29. The number of benzene rings is 1. The molecule has 1 aromatic rings. The summed E-state index contributed by atoms with van der Waals surface area (Å²) in [5.74, 6) is 0.325. The molecule has 0 spiro atoms. The zero-order valence-corrected chi connectivity index (χ0v) is 12.8. The van der Waals surface area contributed by atoms with Crippen molar-refractivity contribution < 1.29 is 9.13 Å². The highest BCUT2D eigenvalue weighted by Crippen LogP contribution is 2.36. The molecule has 1 heterocycles. The summed E-state index contributed by atoms with van der Waals surface area (Å²) in [4.78, 5) is 0. The van der Waals surface area contributed by atoms with Crippen LogP contribution in [0.1, 0.15) is 50.3 Å². The minimum absolute atomic E-state index is 0.157. The third-order valence-electron chi connectivity index (χ3n) is 4.27. The minimum Gasteiger partial charge on any atom is -0.378 e. The summed E-state index contributed by atoms with van der Waals surface area (Å²) < 4.78 is 19.2. The van der Waals surface area contributed by atoms with Crippen LogP contribution in [0.4, 0.5) is 4.39 Å². The van der Waals surface area contributed by atoms with Crippen LogP contribution in [0.15, 0.2) is 18.2 Å². The number of aryl methyl sites for hydroxylation is 1. The van der Waals surface area contributed by atoms with Gasteiger partial charge in [0.25, 0.3) is 0 Å². The largest absolute Gasteiger partial charge is 0.378 e. The van der Waals surface area contributed by atoms with E-state index >= 15 is 0 Å². The molecular weight excluding hydrogens is 253 g/mol. The van der Waals surface area contributed by atoms with Gasteiger partial charge in [0, 0.05) is 18.6 Å². The second-order valence-corrected chi connectivity index (χ2v) is 5.70. The molecule has 1 aromatic carbocycles. The predicted molar refractivity (Wildman–Crippen MR) is 80.3 cm³/mol. The normalized spacial score (nSPS) is 24.0. The SMILES string of the molecule is CCCNC(c1ccc(F)cc1C)C1CCOC1CC. The van der Waals surface area contributed by atoms with Crippen molar-refractivity contribution >= 4 is 0 Å². The first kappa shape index (κ1) is 15.5. The molecule has 1 saturated heterocycles. The molecule has 1 aliphatic heterocycles. The molecular formula is C17H26FNO. The van der Waals surface area contributed by atoms with Crippen LogP contribution in [0.5, 0.6) is 0 Å². The Balaban J connectivity index is 2.26. The van der Waals surface area contributed by atoms with Crippen molar-refractivity contribution in [1.29, 1.82) is 0 Å². The lowest BCUT2D eigenvalue weighted by molar-refractivity contribution is 0.0773. The number of halogens is 1. The van der Waals surface area contributed by atoms with Gasteiger partial charge in [-0.1, -0.05) is 19.9 Å². The lowest BCUT2D eigenvalue weighted by atomic mass is 9.85. The van der Waals surface area contributed by atoms with Gasteiger partial charge in [0.05, 0.1) is 6.10 Å². The fourth-order valence-electron chi connectivity index (χ4n) is 3.25. The molecule has 2 rings (SSSR count). The number of hydrogen-bond acceptors (Lipinski definition) is 2. The van der Waals surface area contributed by atoms with Crippen LogP contribution >= 0.6 is 0 Å². The first-order valence-electron chi connectivity index (χ1n) is 7.78. The molecule has 0 bridgehead atoms. The van der Waals surface area contributed by atoms with E-state index < -0.39 is 0 Å². The molecule has 1 fully saturated rings. The zero-order valence-electron chi connectivity index (χ0n) is 12.8. The van der Waals surface area contributed by atoms with Crippen LogP contribution in [-0.2, 0) is 4.74 Å². The average molecular weight is 279 g/mol. The van der Waals surface area contributed by atoms with Gasteiger partial charge >= 0.3 is 0 Å².